The molecule has 1 aromatic carbocycles. The molecule has 0 unspecified atom stereocenters. The summed E-state index contributed by atoms with van der Waals surface area (Å²) in [5, 5.41) is 12.2. The minimum absolute atomic E-state index is 0.0102. The van der Waals surface area contributed by atoms with Gasteiger partial charge in [-0.3, -0.25) is 4.79 Å². The molecular formula is C13H17NO4. The highest BCUT2D eigenvalue weighted by atomic mass is 16.5. The number of nitrogens with one attached hydrogen (secondary N) is 1. The number of ether oxygens (including phenoxy) is 1. The summed E-state index contributed by atoms with van der Waals surface area (Å²) in [6, 6.07) is 4.60. The Labute approximate surface area is 106 Å². The molecule has 0 radical (unpaired) electrons. The fourth-order valence-electron chi connectivity index (χ4n) is 1.39. The third-order valence-corrected chi connectivity index (χ3v) is 2.16. The lowest BCUT2D eigenvalue weighted by atomic mass is 10.1. The van der Waals surface area contributed by atoms with Crippen molar-refractivity contribution in [2.75, 3.05) is 6.61 Å². The second-order valence-electron chi connectivity index (χ2n) is 4.32. The van der Waals surface area contributed by atoms with Crippen LogP contribution in [0.5, 0.6) is 5.75 Å². The van der Waals surface area contributed by atoms with Crippen molar-refractivity contribution in [3.05, 3.63) is 29.3 Å². The predicted molar refractivity (Wildman–Crippen MR) is 66.4 cm³/mol. The highest BCUT2D eigenvalue weighted by molar-refractivity contribution is 5.93. The van der Waals surface area contributed by atoms with E-state index in [-0.39, 0.29) is 29.9 Å². The van der Waals surface area contributed by atoms with Gasteiger partial charge in [-0.2, -0.15) is 0 Å². The van der Waals surface area contributed by atoms with Crippen molar-refractivity contribution in [2.45, 2.75) is 26.8 Å². The molecule has 98 valence electrons. The molecule has 0 aromatic heterocycles. The molecule has 0 aliphatic rings. The van der Waals surface area contributed by atoms with E-state index in [1.54, 1.807) is 13.0 Å². The van der Waals surface area contributed by atoms with Crippen molar-refractivity contribution in [1.82, 2.24) is 5.32 Å². The zero-order valence-corrected chi connectivity index (χ0v) is 10.7. The molecule has 0 heterocycles. The first-order chi connectivity index (χ1) is 8.40. The van der Waals surface area contributed by atoms with Gasteiger partial charge in [-0.25, -0.2) is 4.79 Å². The Bertz CT molecular complexity index is 454. The Balaban J connectivity index is 2.58. The fourth-order valence-corrected chi connectivity index (χ4v) is 1.39. The Hall–Kier alpha value is -2.04. The van der Waals surface area contributed by atoms with Crippen LogP contribution in [-0.2, 0) is 9.53 Å². The quantitative estimate of drug-likeness (QED) is 0.793. The molecule has 0 bridgehead atoms. The Morgan fingerprint density at radius 2 is 2.06 bits per heavy atom. The van der Waals surface area contributed by atoms with Crippen molar-refractivity contribution < 1.29 is 19.4 Å². The molecule has 18 heavy (non-hydrogen) atoms. The first-order valence-corrected chi connectivity index (χ1v) is 5.66. The molecule has 0 saturated carbocycles. The third-order valence-electron chi connectivity index (χ3n) is 2.16. The van der Waals surface area contributed by atoms with Crippen LogP contribution in [0.2, 0.25) is 0 Å². The minimum Gasteiger partial charge on any atom is -0.507 e. The molecule has 1 rings (SSSR count). The normalized spacial score (nSPS) is 10.2. The van der Waals surface area contributed by atoms with E-state index in [2.05, 4.69) is 5.32 Å². The van der Waals surface area contributed by atoms with Crippen LogP contribution >= 0.6 is 0 Å². The summed E-state index contributed by atoms with van der Waals surface area (Å²) in [4.78, 5) is 22.9. The van der Waals surface area contributed by atoms with Crippen molar-refractivity contribution in [3.63, 3.8) is 0 Å². The fraction of sp³-hybridized carbons (Fsp3) is 0.385. The molecule has 1 amide bonds. The van der Waals surface area contributed by atoms with Crippen LogP contribution in [-0.4, -0.2) is 29.6 Å². The largest absolute Gasteiger partial charge is 0.507 e. The zero-order chi connectivity index (χ0) is 13.7. The van der Waals surface area contributed by atoms with Crippen LogP contribution in [0.4, 0.5) is 0 Å². The maximum atomic E-state index is 11.6. The maximum Gasteiger partial charge on any atom is 0.342 e. The monoisotopic (exact) mass is 251 g/mol. The van der Waals surface area contributed by atoms with Crippen molar-refractivity contribution in [3.8, 4) is 5.75 Å². The first kappa shape index (κ1) is 14.0. The van der Waals surface area contributed by atoms with Crippen molar-refractivity contribution in [2.24, 2.45) is 0 Å². The summed E-state index contributed by atoms with van der Waals surface area (Å²) in [5.74, 6) is -1.24. The first-order valence-electron chi connectivity index (χ1n) is 5.66. The van der Waals surface area contributed by atoms with E-state index in [1.165, 1.54) is 12.1 Å². The number of carbonyl (C=O) groups excluding carboxylic acids is 2. The number of benzene rings is 1. The Kier molecular flexibility index (Phi) is 4.71. The van der Waals surface area contributed by atoms with Crippen molar-refractivity contribution in [1.29, 1.82) is 0 Å². The lowest BCUT2D eigenvalue weighted by Gasteiger charge is -2.09. The molecule has 1 aromatic rings. The number of hydrogen-bond donors (Lipinski definition) is 2. The molecule has 0 spiro atoms. The molecule has 0 fully saturated rings. The highest BCUT2D eigenvalue weighted by Gasteiger charge is 2.14. The molecule has 0 aliphatic carbocycles. The predicted octanol–water partition coefficient (Wildman–Crippen LogP) is 1.38. The summed E-state index contributed by atoms with van der Waals surface area (Å²) < 4.78 is 4.80. The van der Waals surface area contributed by atoms with Gasteiger partial charge in [-0.05, 0) is 38.5 Å². The Morgan fingerprint density at radius 3 is 2.61 bits per heavy atom. The molecule has 0 atom stereocenters. The number of hydrogen-bond acceptors (Lipinski definition) is 4. The van der Waals surface area contributed by atoms with Gasteiger partial charge >= 0.3 is 5.97 Å². The van der Waals surface area contributed by atoms with Gasteiger partial charge in [0.25, 0.3) is 5.91 Å². The van der Waals surface area contributed by atoms with Crippen LogP contribution in [0, 0.1) is 6.92 Å². The summed E-state index contributed by atoms with van der Waals surface area (Å²) in [6.45, 7) is 5.06. The zero-order valence-electron chi connectivity index (χ0n) is 10.7. The number of amides is 1. The van der Waals surface area contributed by atoms with Gasteiger partial charge in [0.05, 0.1) is 0 Å². The lowest BCUT2D eigenvalue weighted by molar-refractivity contribution is -0.124. The van der Waals surface area contributed by atoms with E-state index in [9.17, 15) is 14.7 Å². The number of esters is 1. The maximum absolute atomic E-state index is 11.6. The highest BCUT2D eigenvalue weighted by Crippen LogP contribution is 2.19. The van der Waals surface area contributed by atoms with Gasteiger partial charge in [-0.1, -0.05) is 6.07 Å². The van der Waals surface area contributed by atoms with Crippen LogP contribution in [0.25, 0.3) is 0 Å². The topological polar surface area (TPSA) is 75.6 Å². The van der Waals surface area contributed by atoms with Gasteiger partial charge in [0.2, 0.25) is 0 Å². The van der Waals surface area contributed by atoms with Crippen LogP contribution < -0.4 is 5.32 Å². The summed E-state index contributed by atoms with van der Waals surface area (Å²) in [7, 11) is 0. The standard InChI is InChI=1S/C13H17NO4/c1-8(2)14-12(16)7-18-13(17)10-5-4-9(3)6-11(10)15/h4-6,8,15H,7H2,1-3H3,(H,14,16). The molecule has 5 nitrogen and oxygen atoms in total. The average Bonchev–Trinajstić information content (AvgIpc) is 2.25. The SMILES string of the molecule is Cc1ccc(C(=O)OCC(=O)NC(C)C)c(O)c1. The van der Waals surface area contributed by atoms with Crippen LogP contribution in [0.1, 0.15) is 29.8 Å². The van der Waals surface area contributed by atoms with E-state index in [0.717, 1.165) is 5.56 Å². The molecular weight excluding hydrogens is 234 g/mol. The number of phenols is 1. The second kappa shape index (κ2) is 6.05. The number of phenolic OH excluding ortho intramolecular Hbond substituents is 1. The third kappa shape index (κ3) is 4.08. The van der Waals surface area contributed by atoms with Crippen molar-refractivity contribution >= 4 is 11.9 Å². The van der Waals surface area contributed by atoms with Gasteiger partial charge < -0.3 is 15.2 Å². The second-order valence-corrected chi connectivity index (χ2v) is 4.32. The van der Waals surface area contributed by atoms with Gasteiger partial charge in [0, 0.05) is 6.04 Å². The minimum atomic E-state index is -0.716. The van der Waals surface area contributed by atoms with E-state index >= 15 is 0 Å². The molecule has 2 N–H and O–H groups in total. The van der Waals surface area contributed by atoms with E-state index < -0.39 is 5.97 Å². The van der Waals surface area contributed by atoms with Crippen LogP contribution in [0.3, 0.4) is 0 Å². The van der Waals surface area contributed by atoms with Gasteiger partial charge in [-0.15, -0.1) is 0 Å². The number of carbonyl (C=O) groups is 2. The number of aryl methyl sites for hydroxylation is 1. The molecule has 0 saturated heterocycles. The summed E-state index contributed by atoms with van der Waals surface area (Å²) in [5.41, 5.74) is 0.888. The number of rotatable bonds is 4. The number of aromatic hydroxyl groups is 1. The van der Waals surface area contributed by atoms with Crippen LogP contribution in [0.15, 0.2) is 18.2 Å². The smallest absolute Gasteiger partial charge is 0.342 e. The van der Waals surface area contributed by atoms with E-state index in [4.69, 9.17) is 4.74 Å². The molecule has 0 aliphatic heterocycles. The van der Waals surface area contributed by atoms with E-state index in [1.807, 2.05) is 13.8 Å². The average molecular weight is 251 g/mol. The summed E-state index contributed by atoms with van der Waals surface area (Å²) in [6.07, 6.45) is 0. The Morgan fingerprint density at radius 1 is 1.39 bits per heavy atom. The lowest BCUT2D eigenvalue weighted by Crippen LogP contribution is -2.33. The van der Waals surface area contributed by atoms with E-state index in [0.29, 0.717) is 0 Å². The summed E-state index contributed by atoms with van der Waals surface area (Å²) >= 11 is 0. The molecule has 5 heteroatoms. The van der Waals surface area contributed by atoms with Gasteiger partial charge in [0.15, 0.2) is 6.61 Å². The van der Waals surface area contributed by atoms with Gasteiger partial charge in [0.1, 0.15) is 11.3 Å².